The summed E-state index contributed by atoms with van der Waals surface area (Å²) in [6, 6.07) is 0. The Morgan fingerprint density at radius 1 is 1.62 bits per heavy atom. The lowest BCUT2D eigenvalue weighted by Gasteiger charge is -2.25. The van der Waals surface area contributed by atoms with Gasteiger partial charge in [-0.05, 0) is 20.8 Å². The summed E-state index contributed by atoms with van der Waals surface area (Å²) < 4.78 is 5.02. The number of nitrogen functional groups attached to an aromatic ring is 1. The maximum absolute atomic E-state index is 11.9. The van der Waals surface area contributed by atoms with Crippen molar-refractivity contribution in [2.75, 3.05) is 19.5 Å². The van der Waals surface area contributed by atoms with Gasteiger partial charge in [0.25, 0.3) is 5.91 Å². The van der Waals surface area contributed by atoms with Gasteiger partial charge >= 0.3 is 0 Å². The molecule has 90 valence electrons. The third-order valence-corrected chi connectivity index (χ3v) is 2.16. The van der Waals surface area contributed by atoms with Crippen LogP contribution in [0.2, 0.25) is 0 Å². The van der Waals surface area contributed by atoms with Crippen molar-refractivity contribution in [3.63, 3.8) is 0 Å². The van der Waals surface area contributed by atoms with E-state index in [0.29, 0.717) is 17.9 Å². The number of anilines is 1. The van der Waals surface area contributed by atoms with E-state index in [9.17, 15) is 4.79 Å². The molecule has 6 nitrogen and oxygen atoms in total. The third-order valence-electron chi connectivity index (χ3n) is 2.16. The highest BCUT2D eigenvalue weighted by molar-refractivity contribution is 5.99. The van der Waals surface area contributed by atoms with E-state index < -0.39 is 5.54 Å². The molecule has 0 spiro atoms. The number of H-pyrrole nitrogens is 1. The number of hydrogen-bond donors (Lipinski definition) is 3. The number of hydrogen-bond acceptors (Lipinski definition) is 4. The molecule has 4 N–H and O–H groups in total. The van der Waals surface area contributed by atoms with Gasteiger partial charge in [0.05, 0.1) is 12.1 Å². The minimum atomic E-state index is -0.442. The van der Waals surface area contributed by atoms with Gasteiger partial charge in [-0.15, -0.1) is 0 Å². The molecule has 0 aliphatic rings. The zero-order chi connectivity index (χ0) is 12.3. The molecule has 6 heteroatoms. The number of nitrogens with one attached hydrogen (secondary N) is 2. The van der Waals surface area contributed by atoms with Gasteiger partial charge in [0.15, 0.2) is 5.82 Å². The minimum absolute atomic E-state index is 0.211. The molecule has 0 saturated carbocycles. The molecule has 0 aromatic carbocycles. The number of aryl methyl sites for hydroxylation is 1. The van der Waals surface area contributed by atoms with Crippen molar-refractivity contribution in [1.29, 1.82) is 0 Å². The Morgan fingerprint density at radius 2 is 2.25 bits per heavy atom. The number of carbonyl (C=O) groups excluding carboxylic acids is 1. The molecule has 0 bridgehead atoms. The zero-order valence-corrected chi connectivity index (χ0v) is 10.0. The minimum Gasteiger partial charge on any atom is -0.382 e. The van der Waals surface area contributed by atoms with Crippen LogP contribution in [0.15, 0.2) is 0 Å². The average Bonchev–Trinajstić information content (AvgIpc) is 2.44. The fourth-order valence-electron chi connectivity index (χ4n) is 1.50. The maximum atomic E-state index is 11.9. The topological polar surface area (TPSA) is 93.0 Å². The summed E-state index contributed by atoms with van der Waals surface area (Å²) in [5.74, 6) is -0.0333. The molecule has 0 unspecified atom stereocenters. The van der Waals surface area contributed by atoms with E-state index in [-0.39, 0.29) is 11.7 Å². The standard InChI is InChI=1S/C10H18N4O2/c1-6-7(8(11)14-13-6)9(15)12-10(2,3)5-16-4/h5H2,1-4H3,(H,12,15)(H3,11,13,14). The lowest BCUT2D eigenvalue weighted by atomic mass is 10.1. The Balaban J connectivity index is 2.80. The van der Waals surface area contributed by atoms with Crippen molar-refractivity contribution in [2.45, 2.75) is 26.3 Å². The van der Waals surface area contributed by atoms with Gasteiger partial charge in [0, 0.05) is 12.8 Å². The summed E-state index contributed by atoms with van der Waals surface area (Å²) in [6.07, 6.45) is 0. The van der Waals surface area contributed by atoms with Crippen molar-refractivity contribution in [3.8, 4) is 0 Å². The highest BCUT2D eigenvalue weighted by Crippen LogP contribution is 2.13. The van der Waals surface area contributed by atoms with Crippen molar-refractivity contribution in [2.24, 2.45) is 0 Å². The van der Waals surface area contributed by atoms with Crippen LogP contribution >= 0.6 is 0 Å². The van der Waals surface area contributed by atoms with Gasteiger partial charge in [-0.25, -0.2) is 0 Å². The van der Waals surface area contributed by atoms with Crippen LogP contribution < -0.4 is 11.1 Å². The van der Waals surface area contributed by atoms with Gasteiger partial charge in [-0.1, -0.05) is 0 Å². The Labute approximate surface area is 94.5 Å². The summed E-state index contributed by atoms with van der Waals surface area (Å²) in [7, 11) is 1.59. The van der Waals surface area contributed by atoms with Crippen LogP contribution in [0.4, 0.5) is 5.82 Å². The normalized spacial score (nSPS) is 11.5. The van der Waals surface area contributed by atoms with Crippen LogP contribution in [0.25, 0.3) is 0 Å². The highest BCUT2D eigenvalue weighted by atomic mass is 16.5. The SMILES string of the molecule is COCC(C)(C)NC(=O)c1c(N)n[nH]c1C. The monoisotopic (exact) mass is 226 g/mol. The predicted molar refractivity (Wildman–Crippen MR) is 61.2 cm³/mol. The summed E-state index contributed by atoms with van der Waals surface area (Å²) in [5, 5.41) is 9.28. The molecule has 1 aromatic heterocycles. The molecule has 0 atom stereocenters. The first-order chi connectivity index (χ1) is 7.37. The van der Waals surface area contributed by atoms with Crippen molar-refractivity contribution in [1.82, 2.24) is 15.5 Å². The van der Waals surface area contributed by atoms with E-state index in [1.54, 1.807) is 14.0 Å². The van der Waals surface area contributed by atoms with Crippen LogP contribution in [0.5, 0.6) is 0 Å². The Morgan fingerprint density at radius 3 is 2.69 bits per heavy atom. The van der Waals surface area contributed by atoms with Gasteiger partial charge in [0.1, 0.15) is 5.56 Å². The van der Waals surface area contributed by atoms with E-state index in [2.05, 4.69) is 15.5 Å². The summed E-state index contributed by atoms with van der Waals surface area (Å²) >= 11 is 0. The molecule has 1 amide bonds. The number of ether oxygens (including phenoxy) is 1. The second kappa shape index (κ2) is 4.52. The number of nitrogens with two attached hydrogens (primary N) is 1. The van der Waals surface area contributed by atoms with E-state index in [1.807, 2.05) is 13.8 Å². The number of methoxy groups -OCH3 is 1. The van der Waals surface area contributed by atoms with Crippen molar-refractivity contribution in [3.05, 3.63) is 11.3 Å². The van der Waals surface area contributed by atoms with Crippen LogP contribution in [-0.2, 0) is 4.74 Å². The van der Waals surface area contributed by atoms with E-state index in [1.165, 1.54) is 0 Å². The smallest absolute Gasteiger partial charge is 0.257 e. The lowest BCUT2D eigenvalue weighted by molar-refractivity contribution is 0.0820. The third kappa shape index (κ3) is 2.73. The van der Waals surface area contributed by atoms with Crippen LogP contribution in [0.3, 0.4) is 0 Å². The molecule has 0 saturated heterocycles. The Hall–Kier alpha value is -1.56. The maximum Gasteiger partial charge on any atom is 0.257 e. The van der Waals surface area contributed by atoms with Crippen LogP contribution in [0.1, 0.15) is 29.9 Å². The lowest BCUT2D eigenvalue weighted by Crippen LogP contribution is -2.47. The van der Waals surface area contributed by atoms with Crippen LogP contribution in [0, 0.1) is 6.92 Å². The summed E-state index contributed by atoms with van der Waals surface area (Å²) in [6.45, 7) is 5.93. The summed E-state index contributed by atoms with van der Waals surface area (Å²) in [5.41, 5.74) is 6.21. The van der Waals surface area contributed by atoms with Gasteiger partial charge in [-0.3, -0.25) is 9.89 Å². The highest BCUT2D eigenvalue weighted by Gasteiger charge is 2.24. The number of nitrogens with zero attached hydrogens (tertiary/aromatic N) is 1. The molecule has 0 aliphatic heterocycles. The van der Waals surface area contributed by atoms with Gasteiger partial charge in [0.2, 0.25) is 0 Å². The number of aromatic amines is 1. The molecular formula is C10H18N4O2. The van der Waals surface area contributed by atoms with E-state index in [4.69, 9.17) is 10.5 Å². The fraction of sp³-hybridized carbons (Fsp3) is 0.600. The quantitative estimate of drug-likeness (QED) is 0.695. The van der Waals surface area contributed by atoms with Crippen molar-refractivity contribution < 1.29 is 9.53 Å². The number of amides is 1. The second-order valence-corrected chi connectivity index (χ2v) is 4.38. The van der Waals surface area contributed by atoms with Gasteiger partial charge < -0.3 is 15.8 Å². The molecular weight excluding hydrogens is 208 g/mol. The average molecular weight is 226 g/mol. The zero-order valence-electron chi connectivity index (χ0n) is 10.0. The Bertz CT molecular complexity index is 365. The molecule has 16 heavy (non-hydrogen) atoms. The number of carbonyl (C=O) groups is 1. The molecule has 1 aromatic rings. The van der Waals surface area contributed by atoms with Gasteiger partial charge in [-0.2, -0.15) is 5.10 Å². The van der Waals surface area contributed by atoms with Crippen LogP contribution in [-0.4, -0.2) is 35.4 Å². The first-order valence-electron chi connectivity index (χ1n) is 4.99. The summed E-state index contributed by atoms with van der Waals surface area (Å²) in [4.78, 5) is 11.9. The first-order valence-corrected chi connectivity index (χ1v) is 4.99. The fourth-order valence-corrected chi connectivity index (χ4v) is 1.50. The largest absolute Gasteiger partial charge is 0.382 e. The molecule has 1 rings (SSSR count). The number of rotatable bonds is 4. The molecule has 0 radical (unpaired) electrons. The first kappa shape index (κ1) is 12.5. The molecule has 0 fully saturated rings. The number of aromatic nitrogens is 2. The van der Waals surface area contributed by atoms with Crippen molar-refractivity contribution >= 4 is 11.7 Å². The predicted octanol–water partition coefficient (Wildman–Crippen LogP) is 0.455. The molecule has 1 heterocycles. The van der Waals surface area contributed by atoms with E-state index >= 15 is 0 Å². The van der Waals surface area contributed by atoms with E-state index in [0.717, 1.165) is 0 Å². The molecule has 0 aliphatic carbocycles. The second-order valence-electron chi connectivity index (χ2n) is 4.38. The Kier molecular flexibility index (Phi) is 3.54.